The monoisotopic (exact) mass is 398 g/mol. The van der Waals surface area contributed by atoms with Crippen LogP contribution < -0.4 is 10.6 Å². The number of benzene rings is 2. The van der Waals surface area contributed by atoms with Gasteiger partial charge in [0.15, 0.2) is 0 Å². The van der Waals surface area contributed by atoms with Gasteiger partial charge in [-0.1, -0.05) is 12.0 Å². The standard InChI is InChI=1S/C23H22N6O/c1-3-15-5-4-6-17(9-15)26-22-19-10-18(7-8-20(19)24-14-25-22)27-23(30)29-12-16-11-28(2)21(16)13-29/h1,4-10,14,16,21H,11-13H2,2H3,(H,27,30)(H,24,25,26). The number of likely N-dealkylation sites (tertiary alicyclic amines) is 2. The lowest BCUT2D eigenvalue weighted by Crippen LogP contribution is -2.52. The molecule has 1 aromatic heterocycles. The Labute approximate surface area is 175 Å². The molecular formula is C23H22N6O. The second kappa shape index (κ2) is 7.32. The fourth-order valence-electron chi connectivity index (χ4n) is 4.33. The Balaban J connectivity index is 1.37. The highest BCUT2D eigenvalue weighted by Gasteiger charge is 2.44. The molecule has 2 fully saturated rings. The summed E-state index contributed by atoms with van der Waals surface area (Å²) >= 11 is 0. The summed E-state index contributed by atoms with van der Waals surface area (Å²) in [5.41, 5.74) is 3.14. The highest BCUT2D eigenvalue weighted by molar-refractivity contribution is 5.97. The Hall–Kier alpha value is -3.63. The van der Waals surface area contributed by atoms with Gasteiger partial charge < -0.3 is 20.4 Å². The topological polar surface area (TPSA) is 73.4 Å². The fourth-order valence-corrected chi connectivity index (χ4v) is 4.33. The number of terminal acetylenes is 1. The molecule has 2 N–H and O–H groups in total. The molecule has 2 atom stereocenters. The first kappa shape index (κ1) is 18.4. The molecule has 0 spiro atoms. The maximum atomic E-state index is 12.8. The number of amides is 2. The van der Waals surface area contributed by atoms with Crippen LogP contribution in [0.25, 0.3) is 10.9 Å². The van der Waals surface area contributed by atoms with E-state index in [1.165, 1.54) is 6.33 Å². The van der Waals surface area contributed by atoms with Gasteiger partial charge in [0.05, 0.1) is 5.52 Å². The molecular weight excluding hydrogens is 376 g/mol. The number of hydrogen-bond acceptors (Lipinski definition) is 5. The van der Waals surface area contributed by atoms with Gasteiger partial charge in [0, 0.05) is 53.9 Å². The minimum absolute atomic E-state index is 0.0646. The average molecular weight is 398 g/mol. The predicted octanol–water partition coefficient (Wildman–Crippen LogP) is 3.13. The molecule has 2 aliphatic heterocycles. The number of fused-ring (bicyclic) bond motifs is 2. The van der Waals surface area contributed by atoms with Crippen molar-refractivity contribution in [1.82, 2.24) is 19.8 Å². The lowest BCUT2D eigenvalue weighted by Gasteiger charge is -2.40. The summed E-state index contributed by atoms with van der Waals surface area (Å²) in [5.74, 6) is 3.89. The zero-order chi connectivity index (χ0) is 20.7. The molecule has 3 heterocycles. The van der Waals surface area contributed by atoms with Gasteiger partial charge in [-0.2, -0.15) is 0 Å². The molecule has 2 aromatic carbocycles. The number of urea groups is 1. The molecule has 2 aliphatic rings. The largest absolute Gasteiger partial charge is 0.340 e. The first-order valence-corrected chi connectivity index (χ1v) is 9.95. The van der Waals surface area contributed by atoms with Crippen LogP contribution in [0.1, 0.15) is 5.56 Å². The maximum Gasteiger partial charge on any atom is 0.321 e. The van der Waals surface area contributed by atoms with E-state index in [1.54, 1.807) is 0 Å². The molecule has 0 aliphatic carbocycles. The van der Waals surface area contributed by atoms with Gasteiger partial charge in [-0.3, -0.25) is 0 Å². The molecule has 7 heteroatoms. The Morgan fingerprint density at radius 2 is 2.03 bits per heavy atom. The Morgan fingerprint density at radius 1 is 1.13 bits per heavy atom. The number of nitrogens with one attached hydrogen (secondary N) is 2. The van der Waals surface area contributed by atoms with Crippen LogP contribution in [0.4, 0.5) is 22.0 Å². The van der Waals surface area contributed by atoms with E-state index >= 15 is 0 Å². The summed E-state index contributed by atoms with van der Waals surface area (Å²) in [4.78, 5) is 25.7. The summed E-state index contributed by atoms with van der Waals surface area (Å²) in [7, 11) is 2.11. The molecule has 3 aromatic rings. The number of carbonyl (C=O) groups excluding carboxylic acids is 1. The van der Waals surface area contributed by atoms with E-state index in [4.69, 9.17) is 6.42 Å². The van der Waals surface area contributed by atoms with E-state index in [0.717, 1.165) is 47.5 Å². The Kier molecular flexibility index (Phi) is 4.49. The number of hydrogen-bond donors (Lipinski definition) is 2. The molecule has 150 valence electrons. The highest BCUT2D eigenvalue weighted by Crippen LogP contribution is 2.31. The van der Waals surface area contributed by atoms with Crippen LogP contribution in [0, 0.1) is 18.3 Å². The van der Waals surface area contributed by atoms with Crippen LogP contribution in [-0.2, 0) is 0 Å². The molecule has 0 saturated carbocycles. The van der Waals surface area contributed by atoms with Crippen molar-refractivity contribution in [2.45, 2.75) is 6.04 Å². The first-order chi connectivity index (χ1) is 14.6. The number of anilines is 3. The second-order valence-corrected chi connectivity index (χ2v) is 7.91. The lowest BCUT2D eigenvalue weighted by atomic mass is 9.93. The Morgan fingerprint density at radius 3 is 2.83 bits per heavy atom. The van der Waals surface area contributed by atoms with Gasteiger partial charge >= 0.3 is 6.03 Å². The summed E-state index contributed by atoms with van der Waals surface area (Å²) in [6.45, 7) is 2.66. The quantitative estimate of drug-likeness (QED) is 0.663. The van der Waals surface area contributed by atoms with Crippen molar-refractivity contribution in [2.24, 2.45) is 5.92 Å². The number of rotatable bonds is 3. The summed E-state index contributed by atoms with van der Waals surface area (Å²) in [6.07, 6.45) is 7.02. The molecule has 2 unspecified atom stereocenters. The number of nitrogens with zero attached hydrogens (tertiary/aromatic N) is 4. The average Bonchev–Trinajstić information content (AvgIpc) is 3.11. The zero-order valence-corrected chi connectivity index (χ0v) is 16.7. The van der Waals surface area contributed by atoms with Gasteiger partial charge in [0.1, 0.15) is 12.1 Å². The van der Waals surface area contributed by atoms with Crippen molar-refractivity contribution in [3.63, 3.8) is 0 Å². The highest BCUT2D eigenvalue weighted by atomic mass is 16.2. The zero-order valence-electron chi connectivity index (χ0n) is 16.7. The molecule has 5 rings (SSSR count). The van der Waals surface area contributed by atoms with E-state index in [0.29, 0.717) is 17.8 Å². The number of likely N-dealkylation sites (N-methyl/N-ethyl adjacent to an activating group) is 1. The van der Waals surface area contributed by atoms with Crippen LogP contribution in [0.3, 0.4) is 0 Å². The van der Waals surface area contributed by atoms with Gasteiger partial charge in [0.2, 0.25) is 0 Å². The Bertz CT molecular complexity index is 1170. The van der Waals surface area contributed by atoms with Crippen molar-refractivity contribution >= 4 is 34.1 Å². The number of aromatic nitrogens is 2. The van der Waals surface area contributed by atoms with E-state index in [1.807, 2.05) is 47.4 Å². The molecule has 2 amide bonds. The molecule has 2 saturated heterocycles. The van der Waals surface area contributed by atoms with Crippen LogP contribution in [0.5, 0.6) is 0 Å². The van der Waals surface area contributed by atoms with Crippen molar-refractivity contribution in [2.75, 3.05) is 37.3 Å². The van der Waals surface area contributed by atoms with Crippen molar-refractivity contribution in [1.29, 1.82) is 0 Å². The van der Waals surface area contributed by atoms with Gasteiger partial charge in [-0.25, -0.2) is 14.8 Å². The maximum absolute atomic E-state index is 12.8. The smallest absolute Gasteiger partial charge is 0.321 e. The summed E-state index contributed by atoms with van der Waals surface area (Å²) in [5, 5.41) is 7.16. The predicted molar refractivity (Wildman–Crippen MR) is 118 cm³/mol. The summed E-state index contributed by atoms with van der Waals surface area (Å²) < 4.78 is 0. The SMILES string of the molecule is C#Cc1cccc(Nc2ncnc3ccc(NC(=O)N4CC5CN(C)C5C4)cc23)c1. The second-order valence-electron chi connectivity index (χ2n) is 7.91. The van der Waals surface area contributed by atoms with E-state index in [9.17, 15) is 4.79 Å². The van der Waals surface area contributed by atoms with Crippen LogP contribution in [0.15, 0.2) is 48.8 Å². The van der Waals surface area contributed by atoms with Crippen LogP contribution in [0.2, 0.25) is 0 Å². The van der Waals surface area contributed by atoms with Crippen LogP contribution >= 0.6 is 0 Å². The minimum Gasteiger partial charge on any atom is -0.340 e. The molecule has 7 nitrogen and oxygen atoms in total. The molecule has 0 bridgehead atoms. The van der Waals surface area contributed by atoms with Crippen molar-refractivity contribution < 1.29 is 4.79 Å². The minimum atomic E-state index is -0.0646. The molecule has 30 heavy (non-hydrogen) atoms. The van der Waals surface area contributed by atoms with Crippen molar-refractivity contribution in [3.8, 4) is 12.3 Å². The third-order valence-corrected chi connectivity index (χ3v) is 5.96. The third kappa shape index (κ3) is 3.31. The van der Waals surface area contributed by atoms with Gasteiger partial charge in [-0.15, -0.1) is 6.42 Å². The number of carbonyl (C=O) groups is 1. The normalized spacial score (nSPS) is 20.3. The fraction of sp³-hybridized carbons (Fsp3) is 0.261. The lowest BCUT2D eigenvalue weighted by molar-refractivity contribution is 0.0826. The molecule has 0 radical (unpaired) electrons. The van der Waals surface area contributed by atoms with Crippen LogP contribution in [-0.4, -0.2) is 58.5 Å². The third-order valence-electron chi connectivity index (χ3n) is 5.96. The van der Waals surface area contributed by atoms with E-state index in [2.05, 4.69) is 38.5 Å². The van der Waals surface area contributed by atoms with Gasteiger partial charge in [-0.05, 0) is 43.4 Å². The first-order valence-electron chi connectivity index (χ1n) is 9.95. The van der Waals surface area contributed by atoms with E-state index < -0.39 is 0 Å². The van der Waals surface area contributed by atoms with Crippen molar-refractivity contribution in [3.05, 3.63) is 54.4 Å². The summed E-state index contributed by atoms with van der Waals surface area (Å²) in [6, 6.07) is 13.7. The van der Waals surface area contributed by atoms with E-state index in [-0.39, 0.29) is 6.03 Å². The van der Waals surface area contributed by atoms with Gasteiger partial charge in [0.25, 0.3) is 0 Å².